The van der Waals surface area contributed by atoms with Crippen LogP contribution in [0.25, 0.3) is 0 Å². The molecule has 1 heterocycles. The molecule has 1 aliphatic heterocycles. The summed E-state index contributed by atoms with van der Waals surface area (Å²) in [6, 6.07) is -0.183. The van der Waals surface area contributed by atoms with Crippen LogP contribution in [0.4, 0.5) is 13.2 Å². The summed E-state index contributed by atoms with van der Waals surface area (Å²) in [7, 11) is 3.37. The zero-order valence-electron chi connectivity index (χ0n) is 11.6. The summed E-state index contributed by atoms with van der Waals surface area (Å²) in [6.45, 7) is 1.77. The number of likely N-dealkylation sites (tertiary alicyclic amines) is 1. The zero-order valence-corrected chi connectivity index (χ0v) is 11.6. The third-order valence-electron chi connectivity index (χ3n) is 3.29. The molecule has 1 atom stereocenters. The van der Waals surface area contributed by atoms with Gasteiger partial charge in [-0.1, -0.05) is 0 Å². The van der Waals surface area contributed by atoms with Gasteiger partial charge in [0.2, 0.25) is 5.91 Å². The number of piperidine rings is 1. The molecule has 1 N–H and O–H groups in total. The molecule has 0 aromatic heterocycles. The smallest absolute Gasteiger partial charge is 0.347 e. The largest absolute Gasteiger partial charge is 0.401 e. The van der Waals surface area contributed by atoms with Gasteiger partial charge in [-0.3, -0.25) is 9.69 Å². The van der Waals surface area contributed by atoms with Crippen LogP contribution < -0.4 is 5.32 Å². The third-order valence-corrected chi connectivity index (χ3v) is 3.29. The SMILES string of the molecule is CC(NC1CCN(CC(F)(F)F)CC1)C(=O)N(C)C. The lowest BCUT2D eigenvalue weighted by Gasteiger charge is -2.34. The summed E-state index contributed by atoms with van der Waals surface area (Å²) in [5, 5.41) is 3.18. The number of amides is 1. The fourth-order valence-electron chi connectivity index (χ4n) is 2.32. The predicted molar refractivity (Wildman–Crippen MR) is 66.8 cm³/mol. The molecular weight excluding hydrogens is 259 g/mol. The number of carbonyl (C=O) groups excluding carboxylic acids is 1. The lowest BCUT2D eigenvalue weighted by Crippen LogP contribution is -2.51. The number of likely N-dealkylation sites (N-methyl/N-ethyl adjacent to an activating group) is 1. The van der Waals surface area contributed by atoms with Gasteiger partial charge in [0.25, 0.3) is 0 Å². The van der Waals surface area contributed by atoms with Gasteiger partial charge in [0, 0.05) is 20.1 Å². The highest BCUT2D eigenvalue weighted by molar-refractivity contribution is 5.80. The molecule has 1 aliphatic rings. The molecule has 1 rings (SSSR count). The summed E-state index contributed by atoms with van der Waals surface area (Å²) in [5.74, 6) is -0.0160. The molecule has 0 saturated carbocycles. The van der Waals surface area contributed by atoms with Gasteiger partial charge in [-0.05, 0) is 32.9 Å². The van der Waals surface area contributed by atoms with E-state index in [4.69, 9.17) is 0 Å². The molecule has 1 unspecified atom stereocenters. The Hall–Kier alpha value is -0.820. The van der Waals surface area contributed by atoms with Crippen LogP contribution in [0.2, 0.25) is 0 Å². The monoisotopic (exact) mass is 281 g/mol. The molecule has 1 saturated heterocycles. The maximum atomic E-state index is 12.2. The topological polar surface area (TPSA) is 35.6 Å². The number of nitrogens with zero attached hydrogens (tertiary/aromatic N) is 2. The van der Waals surface area contributed by atoms with Gasteiger partial charge in [0.15, 0.2) is 0 Å². The standard InChI is InChI=1S/C12H22F3N3O/c1-9(11(19)17(2)3)16-10-4-6-18(7-5-10)8-12(13,14)15/h9-10,16H,4-8H2,1-3H3. The number of carbonyl (C=O) groups is 1. The van der Waals surface area contributed by atoms with Crippen molar-refractivity contribution >= 4 is 5.91 Å². The molecule has 19 heavy (non-hydrogen) atoms. The highest BCUT2D eigenvalue weighted by Gasteiger charge is 2.32. The Labute approximate surface area is 111 Å². The predicted octanol–water partition coefficient (Wildman–Crippen LogP) is 1.08. The Kier molecular flexibility index (Phi) is 5.61. The van der Waals surface area contributed by atoms with Crippen LogP contribution in [0.3, 0.4) is 0 Å². The van der Waals surface area contributed by atoms with Crippen LogP contribution in [-0.4, -0.2) is 67.7 Å². The summed E-state index contributed by atoms with van der Waals surface area (Å²) in [4.78, 5) is 14.6. The van der Waals surface area contributed by atoms with Crippen molar-refractivity contribution in [2.45, 2.75) is 38.0 Å². The minimum absolute atomic E-state index is 0.0160. The van der Waals surface area contributed by atoms with Crippen molar-refractivity contribution in [1.29, 1.82) is 0 Å². The molecule has 7 heteroatoms. The van der Waals surface area contributed by atoms with Gasteiger partial charge in [-0.25, -0.2) is 0 Å². The first-order valence-corrected chi connectivity index (χ1v) is 6.45. The third kappa shape index (κ3) is 5.78. The maximum Gasteiger partial charge on any atom is 0.401 e. The van der Waals surface area contributed by atoms with Crippen molar-refractivity contribution in [1.82, 2.24) is 15.1 Å². The Morgan fingerprint density at radius 3 is 2.32 bits per heavy atom. The van der Waals surface area contributed by atoms with Crippen LogP contribution in [0.15, 0.2) is 0 Å². The number of halogens is 3. The minimum atomic E-state index is -4.13. The second-order valence-corrected chi connectivity index (χ2v) is 5.29. The van der Waals surface area contributed by atoms with E-state index in [0.29, 0.717) is 25.9 Å². The summed E-state index contributed by atoms with van der Waals surface area (Å²) < 4.78 is 36.7. The molecule has 0 spiro atoms. The molecule has 0 radical (unpaired) electrons. The van der Waals surface area contributed by atoms with E-state index >= 15 is 0 Å². The first-order chi connectivity index (χ1) is 8.69. The number of hydrogen-bond acceptors (Lipinski definition) is 3. The van der Waals surface area contributed by atoms with Crippen LogP contribution in [0.5, 0.6) is 0 Å². The van der Waals surface area contributed by atoms with E-state index in [9.17, 15) is 18.0 Å². The van der Waals surface area contributed by atoms with Gasteiger partial charge in [0.1, 0.15) is 0 Å². The van der Waals surface area contributed by atoms with Crippen LogP contribution in [-0.2, 0) is 4.79 Å². The number of alkyl halides is 3. The van der Waals surface area contributed by atoms with Crippen molar-refractivity contribution < 1.29 is 18.0 Å². The fourth-order valence-corrected chi connectivity index (χ4v) is 2.32. The molecule has 1 fully saturated rings. The highest BCUT2D eigenvalue weighted by Crippen LogP contribution is 2.19. The number of hydrogen-bond donors (Lipinski definition) is 1. The van der Waals surface area contributed by atoms with Crippen molar-refractivity contribution in [3.05, 3.63) is 0 Å². The Morgan fingerprint density at radius 1 is 1.37 bits per heavy atom. The normalized spacial score (nSPS) is 20.3. The second-order valence-electron chi connectivity index (χ2n) is 5.29. The Balaban J connectivity index is 2.32. The summed E-state index contributed by atoms with van der Waals surface area (Å²) in [5.41, 5.74) is 0. The highest BCUT2D eigenvalue weighted by atomic mass is 19.4. The molecule has 0 aromatic carbocycles. The molecular formula is C12H22F3N3O. The Bertz CT molecular complexity index is 299. The fraction of sp³-hybridized carbons (Fsp3) is 0.917. The summed E-state index contributed by atoms with van der Waals surface area (Å²) in [6.07, 6.45) is -2.85. The van der Waals surface area contributed by atoms with E-state index in [2.05, 4.69) is 5.32 Å². The first-order valence-electron chi connectivity index (χ1n) is 6.45. The van der Waals surface area contributed by atoms with Crippen molar-refractivity contribution in [2.75, 3.05) is 33.7 Å². The van der Waals surface area contributed by atoms with Crippen LogP contribution in [0.1, 0.15) is 19.8 Å². The van der Waals surface area contributed by atoms with E-state index in [1.54, 1.807) is 21.0 Å². The summed E-state index contributed by atoms with van der Waals surface area (Å²) >= 11 is 0. The van der Waals surface area contributed by atoms with E-state index in [1.807, 2.05) is 0 Å². The molecule has 112 valence electrons. The molecule has 0 aliphatic carbocycles. The first kappa shape index (κ1) is 16.2. The van der Waals surface area contributed by atoms with Crippen molar-refractivity contribution in [3.8, 4) is 0 Å². The Morgan fingerprint density at radius 2 is 1.89 bits per heavy atom. The van der Waals surface area contributed by atoms with Crippen molar-refractivity contribution in [3.63, 3.8) is 0 Å². The van der Waals surface area contributed by atoms with E-state index in [0.717, 1.165) is 0 Å². The zero-order chi connectivity index (χ0) is 14.6. The lowest BCUT2D eigenvalue weighted by atomic mass is 10.0. The van der Waals surface area contributed by atoms with E-state index < -0.39 is 12.7 Å². The van der Waals surface area contributed by atoms with E-state index in [1.165, 1.54) is 9.80 Å². The van der Waals surface area contributed by atoms with Gasteiger partial charge in [-0.2, -0.15) is 13.2 Å². The van der Waals surface area contributed by atoms with Gasteiger partial charge >= 0.3 is 6.18 Å². The molecule has 1 amide bonds. The van der Waals surface area contributed by atoms with Gasteiger partial charge in [0.05, 0.1) is 12.6 Å². The van der Waals surface area contributed by atoms with Gasteiger partial charge < -0.3 is 10.2 Å². The number of nitrogens with one attached hydrogen (secondary N) is 1. The average molecular weight is 281 g/mol. The van der Waals surface area contributed by atoms with Crippen LogP contribution in [0, 0.1) is 0 Å². The van der Waals surface area contributed by atoms with Gasteiger partial charge in [-0.15, -0.1) is 0 Å². The second kappa shape index (κ2) is 6.56. The lowest BCUT2D eigenvalue weighted by molar-refractivity contribution is -0.148. The quantitative estimate of drug-likeness (QED) is 0.837. The average Bonchev–Trinajstić information content (AvgIpc) is 2.28. The minimum Gasteiger partial charge on any atom is -0.347 e. The molecule has 4 nitrogen and oxygen atoms in total. The van der Waals surface area contributed by atoms with Crippen molar-refractivity contribution in [2.24, 2.45) is 0 Å². The molecule has 0 bridgehead atoms. The van der Waals surface area contributed by atoms with Crippen LogP contribution >= 0.6 is 0 Å². The van der Waals surface area contributed by atoms with E-state index in [-0.39, 0.29) is 18.0 Å². The maximum absolute atomic E-state index is 12.2. The molecule has 0 aromatic rings. The number of rotatable bonds is 4.